The molecule has 4 heteroatoms. The second-order valence-corrected chi connectivity index (χ2v) is 10.5. The van der Waals surface area contributed by atoms with Crippen molar-refractivity contribution in [1.29, 1.82) is 0 Å². The molecule has 0 bridgehead atoms. The summed E-state index contributed by atoms with van der Waals surface area (Å²) in [6, 6.07) is 7.48. The van der Waals surface area contributed by atoms with Crippen molar-refractivity contribution in [1.82, 2.24) is 0 Å². The highest BCUT2D eigenvalue weighted by Crippen LogP contribution is 2.60. The van der Waals surface area contributed by atoms with E-state index >= 15 is 0 Å². The number of rotatable bonds is 7. The van der Waals surface area contributed by atoms with E-state index in [4.69, 9.17) is 9.29 Å². The zero-order valence-corrected chi connectivity index (χ0v) is 14.7. The highest BCUT2D eigenvalue weighted by molar-refractivity contribution is 8.31. The Hall–Kier alpha value is -1.16. The molecule has 1 rings (SSSR count). The molecule has 0 unspecified atom stereocenters. The lowest BCUT2D eigenvalue weighted by atomic mass is 10.1. The van der Waals surface area contributed by atoms with Gasteiger partial charge in [0.25, 0.3) is 0 Å². The van der Waals surface area contributed by atoms with Gasteiger partial charge in [-0.3, -0.25) is 4.79 Å². The molecule has 0 saturated heterocycles. The third-order valence-electron chi connectivity index (χ3n) is 3.73. The molecule has 0 amide bonds. The molecular formula is C17H28O3S. The fourth-order valence-corrected chi connectivity index (χ4v) is 7.21. The highest BCUT2D eigenvalue weighted by Gasteiger charge is 2.37. The molecule has 21 heavy (non-hydrogen) atoms. The van der Waals surface area contributed by atoms with Crippen molar-refractivity contribution in [2.24, 2.45) is 0 Å². The van der Waals surface area contributed by atoms with Crippen molar-refractivity contribution < 1.29 is 14.1 Å². The van der Waals surface area contributed by atoms with E-state index in [0.717, 1.165) is 11.3 Å². The van der Waals surface area contributed by atoms with E-state index in [1.54, 1.807) is 0 Å². The number of aliphatic carboxylic acids is 1. The molecule has 0 atom stereocenters. The first-order chi connectivity index (χ1) is 9.70. The fraction of sp³-hybridized carbons (Fsp3) is 0.588. The van der Waals surface area contributed by atoms with E-state index in [2.05, 4.69) is 41.5 Å². The Balaban J connectivity index is 3.01. The molecule has 0 aliphatic heterocycles. The Labute approximate surface area is 130 Å². The van der Waals surface area contributed by atoms with Gasteiger partial charge in [-0.25, -0.2) is 0 Å². The van der Waals surface area contributed by atoms with E-state index in [9.17, 15) is 4.79 Å². The average molecular weight is 312 g/mol. The van der Waals surface area contributed by atoms with Gasteiger partial charge in [0, 0.05) is 15.7 Å². The maximum atomic E-state index is 10.7. The highest BCUT2D eigenvalue weighted by atomic mass is 32.3. The van der Waals surface area contributed by atoms with Crippen LogP contribution in [0.2, 0.25) is 0 Å². The summed E-state index contributed by atoms with van der Waals surface area (Å²) in [6.07, 6.45) is 0.0524. The molecule has 0 fully saturated rings. The smallest absolute Gasteiger partial charge is 0.307 e. The summed E-state index contributed by atoms with van der Waals surface area (Å²) in [6.45, 7) is 13.4. The predicted molar refractivity (Wildman–Crippen MR) is 91.4 cm³/mol. The van der Waals surface area contributed by atoms with Crippen LogP contribution in [0.3, 0.4) is 0 Å². The largest absolute Gasteiger partial charge is 0.481 e. The quantitative estimate of drug-likeness (QED) is 0.798. The molecule has 3 nitrogen and oxygen atoms in total. The van der Waals surface area contributed by atoms with Gasteiger partial charge in [0.1, 0.15) is 5.75 Å². The first kappa shape index (κ1) is 17.9. The van der Waals surface area contributed by atoms with Crippen LogP contribution in [-0.4, -0.2) is 26.8 Å². The summed E-state index contributed by atoms with van der Waals surface area (Å²) < 4.78 is 6.48. The van der Waals surface area contributed by atoms with E-state index in [0.29, 0.717) is 15.7 Å². The first-order valence-electron chi connectivity index (χ1n) is 7.50. The lowest BCUT2D eigenvalue weighted by molar-refractivity contribution is -0.136. The van der Waals surface area contributed by atoms with Crippen LogP contribution in [0.5, 0.6) is 5.75 Å². The van der Waals surface area contributed by atoms with Crippen LogP contribution in [0.25, 0.3) is 0 Å². The second kappa shape index (κ2) is 7.21. The third-order valence-corrected chi connectivity index (χ3v) is 8.63. The molecule has 0 radical (unpaired) electrons. The Morgan fingerprint density at radius 2 is 1.43 bits per heavy atom. The minimum absolute atomic E-state index is 0.0524. The predicted octanol–water partition coefficient (Wildman–Crippen LogP) is 4.64. The van der Waals surface area contributed by atoms with Crippen molar-refractivity contribution in [2.75, 3.05) is 0 Å². The molecule has 0 saturated carbocycles. The number of carbonyl (C=O) groups is 1. The van der Waals surface area contributed by atoms with Gasteiger partial charge in [-0.1, -0.05) is 64.0 Å². The minimum Gasteiger partial charge on any atom is -0.481 e. The van der Waals surface area contributed by atoms with Crippen molar-refractivity contribution in [3.8, 4) is 5.75 Å². The minimum atomic E-state index is -1.25. The summed E-state index contributed by atoms with van der Waals surface area (Å²) >= 11 is 0. The maximum absolute atomic E-state index is 10.7. The monoisotopic (exact) mass is 312 g/mol. The summed E-state index contributed by atoms with van der Waals surface area (Å²) in [7, 11) is -1.25. The van der Waals surface area contributed by atoms with Crippen molar-refractivity contribution >= 4 is 16.3 Å². The van der Waals surface area contributed by atoms with Crippen molar-refractivity contribution in [3.05, 3.63) is 29.8 Å². The van der Waals surface area contributed by atoms with Gasteiger partial charge < -0.3 is 9.29 Å². The normalized spacial score (nSPS) is 13.0. The Morgan fingerprint density at radius 3 is 1.76 bits per heavy atom. The van der Waals surface area contributed by atoms with Crippen LogP contribution < -0.4 is 4.18 Å². The molecule has 0 spiro atoms. The van der Waals surface area contributed by atoms with Crippen molar-refractivity contribution in [3.63, 3.8) is 0 Å². The lowest BCUT2D eigenvalue weighted by Crippen LogP contribution is -2.32. The summed E-state index contributed by atoms with van der Waals surface area (Å²) in [5.74, 6) is 0.0328. The molecule has 0 heterocycles. The Kier molecular flexibility index (Phi) is 6.14. The van der Waals surface area contributed by atoms with Crippen LogP contribution in [0.4, 0.5) is 0 Å². The summed E-state index contributed by atoms with van der Waals surface area (Å²) in [5, 5.41) is 10.2. The van der Waals surface area contributed by atoms with E-state index < -0.39 is 16.3 Å². The number of benzene rings is 1. The van der Waals surface area contributed by atoms with Gasteiger partial charge in [0.15, 0.2) is 0 Å². The van der Waals surface area contributed by atoms with E-state index in [-0.39, 0.29) is 6.42 Å². The van der Waals surface area contributed by atoms with Gasteiger partial charge in [-0.2, -0.15) is 0 Å². The first-order valence-corrected chi connectivity index (χ1v) is 9.25. The zero-order chi connectivity index (χ0) is 16.2. The number of hydrogen-bond donors (Lipinski definition) is 1. The van der Waals surface area contributed by atoms with Gasteiger partial charge in [0.2, 0.25) is 0 Å². The zero-order valence-electron chi connectivity index (χ0n) is 13.9. The Bertz CT molecular complexity index is 442. The molecule has 0 aromatic heterocycles. The molecule has 0 aliphatic rings. The molecule has 1 aromatic carbocycles. The molecule has 1 N–H and O–H groups in total. The van der Waals surface area contributed by atoms with Crippen LogP contribution in [0.1, 0.15) is 47.1 Å². The van der Waals surface area contributed by atoms with Crippen LogP contribution >= 0.6 is 10.3 Å². The van der Waals surface area contributed by atoms with Gasteiger partial charge in [0.05, 0.1) is 6.42 Å². The summed E-state index contributed by atoms with van der Waals surface area (Å²) in [4.78, 5) is 10.7. The van der Waals surface area contributed by atoms with Crippen molar-refractivity contribution in [2.45, 2.75) is 63.7 Å². The molecular weight excluding hydrogens is 284 g/mol. The fourth-order valence-electron chi connectivity index (χ4n) is 2.93. The third kappa shape index (κ3) is 4.16. The van der Waals surface area contributed by atoms with Crippen LogP contribution in [0.15, 0.2) is 24.3 Å². The molecule has 0 aliphatic carbocycles. The van der Waals surface area contributed by atoms with Gasteiger partial charge in [-0.05, 0) is 17.7 Å². The van der Waals surface area contributed by atoms with Crippen LogP contribution in [0, 0.1) is 0 Å². The van der Waals surface area contributed by atoms with E-state index in [1.807, 2.05) is 24.3 Å². The number of hydrogen-bond acceptors (Lipinski definition) is 2. The van der Waals surface area contributed by atoms with E-state index in [1.165, 1.54) is 0 Å². The molecule has 120 valence electrons. The topological polar surface area (TPSA) is 46.5 Å². The molecule has 1 aromatic rings. The Morgan fingerprint density at radius 1 is 1.00 bits per heavy atom. The average Bonchev–Trinajstić information content (AvgIpc) is 2.35. The van der Waals surface area contributed by atoms with Gasteiger partial charge in [-0.15, -0.1) is 0 Å². The number of carboxylic acid groups (broad SMARTS) is 1. The number of carboxylic acids is 1. The van der Waals surface area contributed by atoms with Gasteiger partial charge >= 0.3 is 5.97 Å². The maximum Gasteiger partial charge on any atom is 0.307 e. The summed E-state index contributed by atoms with van der Waals surface area (Å²) in [5.41, 5.74) is 0.800. The SMILES string of the molecule is CC(C)S(Oc1ccc(CC(=O)O)cc1)(C(C)C)C(C)C. The standard InChI is InChI=1S/C17H28O3S/c1-12(2)21(13(3)4,14(5)6)20-16-9-7-15(8-10-16)11-17(18)19/h7-10,12-14H,11H2,1-6H3,(H,18,19). The second-order valence-electron chi connectivity index (χ2n) is 6.14. The lowest BCUT2D eigenvalue weighted by Gasteiger charge is -2.50. The van der Waals surface area contributed by atoms with Crippen LogP contribution in [-0.2, 0) is 11.2 Å².